The number of hydrogen-bond donors (Lipinski definition) is 1. The zero-order valence-corrected chi connectivity index (χ0v) is 8.71. The lowest BCUT2D eigenvalue weighted by Crippen LogP contribution is -2.44. The second kappa shape index (κ2) is 4.04. The van der Waals surface area contributed by atoms with Gasteiger partial charge in [-0.2, -0.15) is 18.2 Å². The molecular formula is C9H12F3N3O. The van der Waals surface area contributed by atoms with Crippen molar-refractivity contribution >= 4 is 0 Å². The van der Waals surface area contributed by atoms with Gasteiger partial charge in [-0.15, -0.1) is 0 Å². The van der Waals surface area contributed by atoms with E-state index < -0.39 is 12.6 Å². The first-order valence-corrected chi connectivity index (χ1v) is 5.05. The largest absolute Gasteiger partial charge is 0.396 e. The minimum Gasteiger partial charge on any atom is -0.339 e. The van der Waals surface area contributed by atoms with E-state index >= 15 is 0 Å². The lowest BCUT2D eigenvalue weighted by molar-refractivity contribution is -0.128. The van der Waals surface area contributed by atoms with Crippen molar-refractivity contribution in [1.82, 2.24) is 15.5 Å². The number of nitrogens with one attached hydrogen (secondary N) is 1. The molecule has 1 atom stereocenters. The van der Waals surface area contributed by atoms with Gasteiger partial charge in [-0.3, -0.25) is 0 Å². The van der Waals surface area contributed by atoms with Crippen LogP contribution in [0, 0.1) is 5.92 Å². The Kier molecular flexibility index (Phi) is 2.88. The quantitative estimate of drug-likeness (QED) is 0.862. The van der Waals surface area contributed by atoms with Gasteiger partial charge in [-0.1, -0.05) is 12.1 Å². The van der Waals surface area contributed by atoms with E-state index in [2.05, 4.69) is 15.5 Å². The van der Waals surface area contributed by atoms with Gasteiger partial charge >= 0.3 is 6.18 Å². The van der Waals surface area contributed by atoms with Crippen LogP contribution in [0.5, 0.6) is 0 Å². The summed E-state index contributed by atoms with van der Waals surface area (Å²) >= 11 is 0. The average Bonchev–Trinajstić information content (AvgIpc) is 2.45. The summed E-state index contributed by atoms with van der Waals surface area (Å²) in [6.07, 6.45) is -5.42. The van der Waals surface area contributed by atoms with Crippen LogP contribution < -0.4 is 5.32 Å². The normalized spacial score (nSPS) is 19.5. The zero-order chi connectivity index (χ0) is 11.8. The summed E-state index contributed by atoms with van der Waals surface area (Å²) in [7, 11) is 0. The number of nitrogens with zero attached hydrogens (tertiary/aromatic N) is 2. The predicted octanol–water partition coefficient (Wildman–Crippen LogP) is 1.50. The molecule has 7 heteroatoms. The van der Waals surface area contributed by atoms with Crippen LogP contribution in [0.4, 0.5) is 13.2 Å². The van der Waals surface area contributed by atoms with Crippen molar-refractivity contribution in [1.29, 1.82) is 0 Å². The summed E-state index contributed by atoms with van der Waals surface area (Å²) in [6.45, 7) is 3.58. The molecule has 1 aromatic heterocycles. The molecule has 4 nitrogen and oxygen atoms in total. The predicted molar refractivity (Wildman–Crippen MR) is 48.8 cm³/mol. The highest BCUT2D eigenvalue weighted by molar-refractivity contribution is 4.99. The molecule has 0 saturated carbocycles. The Bertz CT molecular complexity index is 359. The van der Waals surface area contributed by atoms with Crippen LogP contribution in [-0.2, 0) is 6.42 Å². The standard InChI is InChI=1S/C9H12F3N3O/c1-5(6-3-13-4-6)8-14-7(15-16-8)2-9(10,11)12/h5-6,13H,2-4H2,1H3. The molecule has 0 bridgehead atoms. The maximum atomic E-state index is 12.1. The van der Waals surface area contributed by atoms with Crippen molar-refractivity contribution < 1.29 is 17.7 Å². The molecule has 2 heterocycles. The van der Waals surface area contributed by atoms with Crippen molar-refractivity contribution in [2.45, 2.75) is 25.4 Å². The molecule has 90 valence electrons. The van der Waals surface area contributed by atoms with Gasteiger partial charge < -0.3 is 9.84 Å². The molecular weight excluding hydrogens is 223 g/mol. The van der Waals surface area contributed by atoms with E-state index in [1.807, 2.05) is 6.92 Å². The van der Waals surface area contributed by atoms with Crippen LogP contribution in [0.15, 0.2) is 4.52 Å². The summed E-state index contributed by atoms with van der Waals surface area (Å²) in [5, 5.41) is 6.42. The number of alkyl halides is 3. The van der Waals surface area contributed by atoms with Gasteiger partial charge in [0.25, 0.3) is 0 Å². The SMILES string of the molecule is CC(c1nc(CC(F)(F)F)no1)C1CNC1. The Hall–Kier alpha value is -1.11. The van der Waals surface area contributed by atoms with Crippen LogP contribution in [-0.4, -0.2) is 29.4 Å². The zero-order valence-electron chi connectivity index (χ0n) is 8.71. The van der Waals surface area contributed by atoms with E-state index in [0.29, 0.717) is 11.8 Å². The molecule has 1 unspecified atom stereocenters. The van der Waals surface area contributed by atoms with Gasteiger partial charge in [0, 0.05) is 5.92 Å². The molecule has 0 amide bonds. The van der Waals surface area contributed by atoms with E-state index in [4.69, 9.17) is 4.52 Å². The van der Waals surface area contributed by atoms with Crippen LogP contribution >= 0.6 is 0 Å². The second-order valence-corrected chi connectivity index (χ2v) is 4.05. The average molecular weight is 235 g/mol. The first-order chi connectivity index (χ1) is 7.46. The number of rotatable bonds is 3. The van der Waals surface area contributed by atoms with Crippen molar-refractivity contribution in [2.24, 2.45) is 5.92 Å². The summed E-state index contributed by atoms with van der Waals surface area (Å²) in [5.74, 6) is 0.391. The molecule has 1 saturated heterocycles. The van der Waals surface area contributed by atoms with Crippen molar-refractivity contribution in [3.05, 3.63) is 11.7 Å². The third-order valence-electron chi connectivity index (χ3n) is 2.75. The lowest BCUT2D eigenvalue weighted by atomic mass is 9.89. The highest BCUT2D eigenvalue weighted by atomic mass is 19.4. The van der Waals surface area contributed by atoms with Crippen LogP contribution in [0.25, 0.3) is 0 Å². The fourth-order valence-electron chi connectivity index (χ4n) is 1.57. The first kappa shape index (κ1) is 11.4. The molecule has 0 spiro atoms. The Morgan fingerprint density at radius 1 is 1.50 bits per heavy atom. The highest BCUT2D eigenvalue weighted by Gasteiger charge is 2.33. The number of aromatic nitrogens is 2. The third kappa shape index (κ3) is 2.52. The molecule has 0 radical (unpaired) electrons. The molecule has 1 aromatic rings. The van der Waals surface area contributed by atoms with E-state index in [-0.39, 0.29) is 11.7 Å². The maximum Gasteiger partial charge on any atom is 0.396 e. The minimum atomic E-state index is -4.29. The number of halogens is 3. The van der Waals surface area contributed by atoms with Gasteiger partial charge in [-0.25, -0.2) is 0 Å². The smallest absolute Gasteiger partial charge is 0.339 e. The van der Waals surface area contributed by atoms with E-state index in [0.717, 1.165) is 13.1 Å². The molecule has 1 fully saturated rings. The summed E-state index contributed by atoms with van der Waals surface area (Å²) in [6, 6.07) is 0. The maximum absolute atomic E-state index is 12.1. The lowest BCUT2D eigenvalue weighted by Gasteiger charge is -2.30. The summed E-state index contributed by atoms with van der Waals surface area (Å²) < 4.78 is 41.0. The van der Waals surface area contributed by atoms with Gasteiger partial charge in [0.05, 0.1) is 0 Å². The second-order valence-electron chi connectivity index (χ2n) is 4.05. The molecule has 2 rings (SSSR count). The van der Waals surface area contributed by atoms with Gasteiger partial charge in [-0.05, 0) is 19.0 Å². The van der Waals surface area contributed by atoms with Crippen LogP contribution in [0.3, 0.4) is 0 Å². The van der Waals surface area contributed by atoms with Gasteiger partial charge in [0.1, 0.15) is 6.42 Å². The highest BCUT2D eigenvalue weighted by Crippen LogP contribution is 2.26. The molecule has 0 aliphatic carbocycles. The van der Waals surface area contributed by atoms with Gasteiger partial charge in [0.15, 0.2) is 5.82 Å². The van der Waals surface area contributed by atoms with E-state index in [1.54, 1.807) is 0 Å². The minimum absolute atomic E-state index is 0.00994. The van der Waals surface area contributed by atoms with Crippen molar-refractivity contribution in [2.75, 3.05) is 13.1 Å². The molecule has 1 aliphatic heterocycles. The first-order valence-electron chi connectivity index (χ1n) is 5.05. The van der Waals surface area contributed by atoms with Gasteiger partial charge in [0.2, 0.25) is 5.89 Å². The summed E-state index contributed by atoms with van der Waals surface area (Å²) in [4.78, 5) is 3.77. The number of hydrogen-bond acceptors (Lipinski definition) is 4. The Morgan fingerprint density at radius 2 is 2.19 bits per heavy atom. The Morgan fingerprint density at radius 3 is 2.69 bits per heavy atom. The third-order valence-corrected chi connectivity index (χ3v) is 2.75. The monoisotopic (exact) mass is 235 g/mol. The van der Waals surface area contributed by atoms with Crippen molar-refractivity contribution in [3.8, 4) is 0 Å². The van der Waals surface area contributed by atoms with E-state index in [9.17, 15) is 13.2 Å². The van der Waals surface area contributed by atoms with Crippen LogP contribution in [0.1, 0.15) is 24.6 Å². The fourth-order valence-corrected chi connectivity index (χ4v) is 1.57. The van der Waals surface area contributed by atoms with Crippen molar-refractivity contribution in [3.63, 3.8) is 0 Å². The molecule has 0 aromatic carbocycles. The summed E-state index contributed by atoms with van der Waals surface area (Å²) in [5.41, 5.74) is 0. The van der Waals surface area contributed by atoms with E-state index in [1.165, 1.54) is 0 Å². The topological polar surface area (TPSA) is 51.0 Å². The molecule has 16 heavy (non-hydrogen) atoms. The van der Waals surface area contributed by atoms with Crippen LogP contribution in [0.2, 0.25) is 0 Å². The Balaban J connectivity index is 2.01. The Labute approximate surface area is 90.2 Å². The fraction of sp³-hybridized carbons (Fsp3) is 0.778. The molecule has 1 N–H and O–H groups in total. The molecule has 1 aliphatic rings.